The van der Waals surface area contributed by atoms with Gasteiger partial charge in [-0.15, -0.1) is 0 Å². The third kappa shape index (κ3) is 5.36. The summed E-state index contributed by atoms with van der Waals surface area (Å²) >= 11 is 12.7. The van der Waals surface area contributed by atoms with Gasteiger partial charge in [-0.05, 0) is 92.2 Å². The van der Waals surface area contributed by atoms with Crippen LogP contribution < -0.4 is 4.74 Å². The second kappa shape index (κ2) is 12.1. The van der Waals surface area contributed by atoms with Crippen molar-refractivity contribution in [1.82, 2.24) is 14.5 Å². The fourth-order valence-electron chi connectivity index (χ4n) is 7.68. The van der Waals surface area contributed by atoms with Gasteiger partial charge in [0.25, 0.3) is 0 Å². The van der Waals surface area contributed by atoms with Gasteiger partial charge >= 0.3 is 5.97 Å². The number of imidazole rings is 1. The highest BCUT2D eigenvalue weighted by Crippen LogP contribution is 2.46. The largest absolute Gasteiger partial charge is 0.480 e. The molecule has 2 unspecified atom stereocenters. The number of aromatic carboxylic acids is 1. The van der Waals surface area contributed by atoms with Crippen LogP contribution in [0.5, 0.6) is 5.75 Å². The molecule has 0 amide bonds. The number of fused-ring (bicyclic) bond motifs is 2. The average molecular weight is 679 g/mol. The summed E-state index contributed by atoms with van der Waals surface area (Å²) in [5.74, 6) is 1.16. The van der Waals surface area contributed by atoms with E-state index in [1.807, 2.05) is 18.2 Å². The lowest BCUT2D eigenvalue weighted by Gasteiger charge is -2.46. The Kier molecular flexibility index (Phi) is 7.93. The van der Waals surface area contributed by atoms with Crippen LogP contribution in [0, 0.1) is 11.7 Å². The Labute approximate surface area is 278 Å². The van der Waals surface area contributed by atoms with Crippen molar-refractivity contribution in [2.24, 2.45) is 5.92 Å². The van der Waals surface area contributed by atoms with Crippen molar-refractivity contribution in [3.63, 3.8) is 0 Å². The van der Waals surface area contributed by atoms with Crippen LogP contribution in [0.3, 0.4) is 0 Å². The molecule has 1 aromatic heterocycles. The second-order valence-corrected chi connectivity index (χ2v) is 15.7. The fourth-order valence-corrected chi connectivity index (χ4v) is 10.5. The van der Waals surface area contributed by atoms with E-state index in [0.29, 0.717) is 45.4 Å². The van der Waals surface area contributed by atoms with Gasteiger partial charge in [-0.25, -0.2) is 14.2 Å². The van der Waals surface area contributed by atoms with Crippen molar-refractivity contribution in [3.05, 3.63) is 99.6 Å². The molecule has 3 aromatic carbocycles. The first-order chi connectivity index (χ1) is 22.3. The molecule has 0 spiro atoms. The number of para-hydroxylation sites is 1. The second-order valence-electron chi connectivity index (χ2n) is 12.9. The summed E-state index contributed by atoms with van der Waals surface area (Å²) in [5, 5.41) is 10.6. The van der Waals surface area contributed by atoms with Crippen LogP contribution >= 0.6 is 23.2 Å². The van der Waals surface area contributed by atoms with E-state index in [0.717, 1.165) is 72.7 Å². The average Bonchev–Trinajstić information content (AvgIpc) is 3.34. The zero-order valence-electron chi connectivity index (χ0n) is 25.2. The third-order valence-corrected chi connectivity index (χ3v) is 13.5. The van der Waals surface area contributed by atoms with E-state index < -0.39 is 17.9 Å². The van der Waals surface area contributed by atoms with Gasteiger partial charge in [0.15, 0.2) is 0 Å². The Balaban J connectivity index is 1.02. The van der Waals surface area contributed by atoms with Gasteiger partial charge in [-0.1, -0.05) is 47.4 Å². The maximum Gasteiger partial charge on any atom is 0.335 e. The summed E-state index contributed by atoms with van der Waals surface area (Å²) in [6.07, 6.45) is 4.39. The molecule has 0 aliphatic carbocycles. The summed E-state index contributed by atoms with van der Waals surface area (Å²) in [5.41, 5.74) is 4.80. The smallest absolute Gasteiger partial charge is 0.335 e. The van der Waals surface area contributed by atoms with Crippen LogP contribution in [0.15, 0.2) is 60.7 Å². The van der Waals surface area contributed by atoms with Crippen molar-refractivity contribution in [2.75, 3.05) is 19.7 Å². The number of carboxylic acids is 1. The Morgan fingerprint density at radius 1 is 1.07 bits per heavy atom. The molecule has 4 aliphatic heterocycles. The minimum absolute atomic E-state index is 0.264. The SMILES string of the molecule is O=C(O)c1ccc2nc(CN3CCC(c4cccc5c4OC(c4ccc(Cl)cc4F)C=C5Cl)CC3)n(C3[SiH2]C[C@H]3[C@@H]3CCO3)c2c1. The normalized spacial score (nSPS) is 25.4. The molecule has 5 heterocycles. The first-order valence-corrected chi connectivity index (χ1v) is 18.6. The van der Waals surface area contributed by atoms with E-state index in [4.69, 9.17) is 37.7 Å². The fraction of sp³-hybridized carbons (Fsp3) is 0.371. The molecular weight excluding hydrogens is 644 g/mol. The zero-order chi connectivity index (χ0) is 31.5. The monoisotopic (exact) mass is 677 g/mol. The number of ether oxygens (including phenoxy) is 2. The van der Waals surface area contributed by atoms with Crippen molar-refractivity contribution in [3.8, 4) is 5.75 Å². The molecule has 3 fully saturated rings. The van der Waals surface area contributed by atoms with Crippen LogP contribution in [0.4, 0.5) is 4.39 Å². The minimum Gasteiger partial charge on any atom is -0.480 e. The number of halogens is 3. The number of nitrogens with zero attached hydrogens (tertiary/aromatic N) is 3. The molecule has 7 nitrogen and oxygen atoms in total. The summed E-state index contributed by atoms with van der Waals surface area (Å²) in [4.78, 5) is 19.4. The number of carboxylic acid groups (broad SMARTS) is 1. The van der Waals surface area contributed by atoms with E-state index >= 15 is 0 Å². The van der Waals surface area contributed by atoms with Gasteiger partial charge in [0.05, 0.1) is 34.3 Å². The van der Waals surface area contributed by atoms with Crippen molar-refractivity contribution in [2.45, 2.75) is 55.6 Å². The summed E-state index contributed by atoms with van der Waals surface area (Å²) in [6.45, 7) is 3.31. The molecule has 0 radical (unpaired) electrons. The molecular formula is C35H34Cl2FN3O4Si. The Bertz CT molecular complexity index is 1870. The lowest BCUT2D eigenvalue weighted by Crippen LogP contribution is -2.48. The van der Waals surface area contributed by atoms with Gasteiger partial charge in [0.1, 0.15) is 23.5 Å². The molecule has 46 heavy (non-hydrogen) atoms. The lowest BCUT2D eigenvalue weighted by molar-refractivity contribution is -0.0906. The lowest BCUT2D eigenvalue weighted by atomic mass is 9.87. The molecule has 1 N–H and O–H groups in total. The number of likely N-dealkylation sites (tertiary alicyclic amines) is 1. The Morgan fingerprint density at radius 2 is 1.89 bits per heavy atom. The van der Waals surface area contributed by atoms with Crippen LogP contribution in [0.25, 0.3) is 16.1 Å². The van der Waals surface area contributed by atoms with Crippen LogP contribution in [-0.2, 0) is 11.3 Å². The quantitative estimate of drug-likeness (QED) is 0.210. The van der Waals surface area contributed by atoms with E-state index in [-0.39, 0.29) is 15.4 Å². The number of hydrogen-bond donors (Lipinski definition) is 1. The highest BCUT2D eigenvalue weighted by atomic mass is 35.5. The minimum atomic E-state index is -0.920. The standard InChI is InChI=1S/C35H34Cl2FN3O4Si/c36-21-5-6-24(27(38)15-21)31-16-26(37)23-3-1-2-22(33(23)45-31)19-8-11-40(12-9-19)17-32-39-28-7-4-20(35(42)43)14-29(28)41(32)34-25(18-46-34)30-10-13-44-30/h1-7,14-16,19,25,30-31,34H,8-13,17-18,46H2,(H,42,43)/t25-,30-,31?,34?/m0/s1. The van der Waals surface area contributed by atoms with E-state index in [9.17, 15) is 14.3 Å². The van der Waals surface area contributed by atoms with Gasteiger partial charge in [-0.2, -0.15) is 0 Å². The molecule has 0 saturated carbocycles. The van der Waals surface area contributed by atoms with Crippen molar-refractivity contribution in [1.29, 1.82) is 0 Å². The van der Waals surface area contributed by atoms with E-state index in [1.165, 1.54) is 12.1 Å². The Hall–Kier alpha value is -3.21. The molecule has 8 rings (SSSR count). The molecule has 4 atom stereocenters. The molecule has 0 bridgehead atoms. The maximum absolute atomic E-state index is 14.8. The summed E-state index contributed by atoms with van der Waals surface area (Å²) in [7, 11) is -0.362. The maximum atomic E-state index is 14.8. The highest BCUT2D eigenvalue weighted by molar-refractivity contribution is 6.49. The number of carbonyl (C=O) groups is 1. The number of aromatic nitrogens is 2. The van der Waals surface area contributed by atoms with Crippen LogP contribution in [0.2, 0.25) is 11.1 Å². The number of hydrogen-bond acceptors (Lipinski definition) is 5. The number of piperidine rings is 1. The van der Waals surface area contributed by atoms with E-state index in [2.05, 4.69) is 15.5 Å². The van der Waals surface area contributed by atoms with Gasteiger partial charge < -0.3 is 19.1 Å². The molecule has 238 valence electrons. The zero-order valence-corrected chi connectivity index (χ0v) is 28.1. The molecule has 11 heteroatoms. The van der Waals surface area contributed by atoms with Gasteiger partial charge in [0.2, 0.25) is 0 Å². The first kappa shape index (κ1) is 30.1. The van der Waals surface area contributed by atoms with Crippen LogP contribution in [-0.4, -0.2) is 60.8 Å². The topological polar surface area (TPSA) is 76.8 Å². The number of rotatable bonds is 7. The highest BCUT2D eigenvalue weighted by Gasteiger charge is 2.43. The number of benzene rings is 3. The molecule has 4 aliphatic rings. The predicted octanol–water partition coefficient (Wildman–Crippen LogP) is 7.12. The summed E-state index contributed by atoms with van der Waals surface area (Å²) < 4.78 is 29.6. The molecule has 4 aromatic rings. The first-order valence-electron chi connectivity index (χ1n) is 16.0. The third-order valence-electron chi connectivity index (χ3n) is 10.3. The van der Waals surface area contributed by atoms with Gasteiger partial charge in [0, 0.05) is 37.9 Å². The van der Waals surface area contributed by atoms with Crippen LogP contribution in [0.1, 0.15) is 69.8 Å². The van der Waals surface area contributed by atoms with Gasteiger partial charge in [-0.3, -0.25) is 4.90 Å². The van der Waals surface area contributed by atoms with Crippen molar-refractivity contribution >= 4 is 54.8 Å². The molecule has 3 saturated heterocycles. The van der Waals surface area contributed by atoms with E-state index in [1.54, 1.807) is 30.3 Å². The van der Waals surface area contributed by atoms with Crippen molar-refractivity contribution < 1.29 is 23.8 Å². The Morgan fingerprint density at radius 3 is 2.59 bits per heavy atom. The summed E-state index contributed by atoms with van der Waals surface area (Å²) in [6, 6.07) is 17.2. The predicted molar refractivity (Wildman–Crippen MR) is 179 cm³/mol.